The molecule has 34 heavy (non-hydrogen) atoms. The number of carbonyl (C=O) groups excluding carboxylic acids is 2. The van der Waals surface area contributed by atoms with Gasteiger partial charge in [0, 0.05) is 31.5 Å². The van der Waals surface area contributed by atoms with E-state index in [1.807, 2.05) is 61.5 Å². The van der Waals surface area contributed by atoms with Crippen molar-refractivity contribution >= 4 is 17.5 Å². The van der Waals surface area contributed by atoms with Crippen LogP contribution < -0.4 is 10.1 Å². The highest BCUT2D eigenvalue weighted by molar-refractivity contribution is 6.08. The summed E-state index contributed by atoms with van der Waals surface area (Å²) in [6.07, 6.45) is 1.74. The van der Waals surface area contributed by atoms with Gasteiger partial charge in [0.25, 0.3) is 11.8 Å². The standard InChI is InChI=1S/C27H26N4O3/c1-19-9-13-22(14-10-19)31-17-24(26(29-31)20-7-5-4-6-8-20)27(33)28-21-11-15-23(16-12-21)34-18-25(32)30(2)3/h4-17H,18H2,1-3H3,(H,28,33). The van der Waals surface area contributed by atoms with Crippen LogP contribution >= 0.6 is 0 Å². The van der Waals surface area contributed by atoms with Gasteiger partial charge in [-0.05, 0) is 43.3 Å². The Bertz CT molecular complexity index is 1280. The lowest BCUT2D eigenvalue weighted by molar-refractivity contribution is -0.130. The summed E-state index contributed by atoms with van der Waals surface area (Å²) in [5, 5.41) is 7.64. The third-order valence-electron chi connectivity index (χ3n) is 5.28. The lowest BCUT2D eigenvalue weighted by Crippen LogP contribution is -2.27. The lowest BCUT2D eigenvalue weighted by Gasteiger charge is -2.11. The molecule has 0 bridgehead atoms. The molecule has 4 aromatic rings. The minimum absolute atomic E-state index is 0.0443. The summed E-state index contributed by atoms with van der Waals surface area (Å²) in [6.45, 7) is 1.98. The number of aromatic nitrogens is 2. The fourth-order valence-corrected chi connectivity index (χ4v) is 3.29. The predicted molar refractivity (Wildman–Crippen MR) is 132 cm³/mol. The zero-order valence-corrected chi connectivity index (χ0v) is 19.4. The zero-order chi connectivity index (χ0) is 24.1. The van der Waals surface area contributed by atoms with Crippen LogP contribution in [0, 0.1) is 6.92 Å². The molecule has 0 unspecified atom stereocenters. The van der Waals surface area contributed by atoms with Gasteiger partial charge < -0.3 is 15.0 Å². The Morgan fingerprint density at radius 2 is 1.62 bits per heavy atom. The summed E-state index contributed by atoms with van der Waals surface area (Å²) in [5.41, 5.74) is 4.54. The number of amides is 2. The Hall–Kier alpha value is -4.39. The van der Waals surface area contributed by atoms with Gasteiger partial charge in [0.2, 0.25) is 0 Å². The normalized spacial score (nSPS) is 10.6. The molecule has 0 radical (unpaired) electrons. The van der Waals surface area contributed by atoms with Crippen molar-refractivity contribution in [1.82, 2.24) is 14.7 Å². The predicted octanol–water partition coefficient (Wildman–Crippen LogP) is 4.57. The van der Waals surface area contributed by atoms with E-state index in [1.54, 1.807) is 49.2 Å². The first-order chi connectivity index (χ1) is 16.4. The van der Waals surface area contributed by atoms with Crippen LogP contribution in [0.15, 0.2) is 85.1 Å². The van der Waals surface area contributed by atoms with Gasteiger partial charge in [-0.3, -0.25) is 9.59 Å². The second kappa shape index (κ2) is 10.0. The third kappa shape index (κ3) is 5.32. The van der Waals surface area contributed by atoms with Gasteiger partial charge in [0.05, 0.1) is 11.3 Å². The van der Waals surface area contributed by atoms with E-state index >= 15 is 0 Å². The van der Waals surface area contributed by atoms with Crippen LogP contribution in [0.3, 0.4) is 0 Å². The van der Waals surface area contributed by atoms with Crippen LogP contribution in [0.4, 0.5) is 5.69 Å². The second-order valence-electron chi connectivity index (χ2n) is 8.09. The molecule has 4 rings (SSSR count). The van der Waals surface area contributed by atoms with Gasteiger partial charge >= 0.3 is 0 Å². The Balaban J connectivity index is 1.56. The molecule has 0 fully saturated rings. The summed E-state index contributed by atoms with van der Waals surface area (Å²) >= 11 is 0. The molecule has 0 atom stereocenters. The highest BCUT2D eigenvalue weighted by Crippen LogP contribution is 2.25. The fraction of sp³-hybridized carbons (Fsp3) is 0.148. The number of hydrogen-bond acceptors (Lipinski definition) is 4. The lowest BCUT2D eigenvalue weighted by atomic mass is 10.1. The van der Waals surface area contributed by atoms with E-state index in [0.29, 0.717) is 22.7 Å². The third-order valence-corrected chi connectivity index (χ3v) is 5.28. The number of nitrogens with one attached hydrogen (secondary N) is 1. The molecule has 0 spiro atoms. The van der Waals surface area contributed by atoms with E-state index in [2.05, 4.69) is 5.32 Å². The average molecular weight is 455 g/mol. The van der Waals surface area contributed by atoms with Crippen molar-refractivity contribution in [3.63, 3.8) is 0 Å². The molecule has 7 heteroatoms. The second-order valence-corrected chi connectivity index (χ2v) is 8.09. The number of anilines is 1. The van der Waals surface area contributed by atoms with Crippen molar-refractivity contribution in [1.29, 1.82) is 0 Å². The Kier molecular flexibility index (Phi) is 6.73. The highest BCUT2D eigenvalue weighted by atomic mass is 16.5. The number of nitrogens with zero attached hydrogens (tertiary/aromatic N) is 3. The monoisotopic (exact) mass is 454 g/mol. The van der Waals surface area contributed by atoms with Gasteiger partial charge in [0.15, 0.2) is 6.61 Å². The molecule has 0 aliphatic carbocycles. The maximum atomic E-state index is 13.2. The number of aryl methyl sites for hydroxylation is 1. The number of rotatable bonds is 7. The number of carbonyl (C=O) groups is 2. The first kappa shape index (κ1) is 22.8. The molecule has 172 valence electrons. The van der Waals surface area contributed by atoms with Crippen molar-refractivity contribution in [2.75, 3.05) is 26.0 Å². The van der Waals surface area contributed by atoms with E-state index in [4.69, 9.17) is 9.84 Å². The van der Waals surface area contributed by atoms with Crippen LogP contribution in [-0.2, 0) is 4.79 Å². The van der Waals surface area contributed by atoms with Gasteiger partial charge in [0.1, 0.15) is 11.4 Å². The molecular weight excluding hydrogens is 428 g/mol. The fourth-order valence-electron chi connectivity index (χ4n) is 3.29. The minimum Gasteiger partial charge on any atom is -0.484 e. The van der Waals surface area contributed by atoms with Crippen LogP contribution in [0.1, 0.15) is 15.9 Å². The number of likely N-dealkylation sites (N-methyl/N-ethyl adjacent to an activating group) is 1. The minimum atomic E-state index is -0.270. The summed E-state index contributed by atoms with van der Waals surface area (Å²) in [6, 6.07) is 24.5. The van der Waals surface area contributed by atoms with Gasteiger partial charge in [-0.15, -0.1) is 0 Å². The largest absolute Gasteiger partial charge is 0.484 e. The van der Waals surface area contributed by atoms with E-state index in [1.165, 1.54) is 4.90 Å². The molecule has 2 amide bonds. The first-order valence-electron chi connectivity index (χ1n) is 10.9. The van der Waals surface area contributed by atoms with Crippen molar-refractivity contribution in [2.45, 2.75) is 6.92 Å². The summed E-state index contributed by atoms with van der Waals surface area (Å²) in [5.74, 6) is 0.149. The molecule has 0 aliphatic heterocycles. The highest BCUT2D eigenvalue weighted by Gasteiger charge is 2.19. The van der Waals surface area contributed by atoms with Gasteiger partial charge in [-0.25, -0.2) is 4.68 Å². The SMILES string of the molecule is Cc1ccc(-n2cc(C(=O)Nc3ccc(OCC(=O)N(C)C)cc3)c(-c3ccccc3)n2)cc1. The van der Waals surface area contributed by atoms with Crippen molar-refractivity contribution in [2.24, 2.45) is 0 Å². The van der Waals surface area contributed by atoms with Crippen molar-refractivity contribution < 1.29 is 14.3 Å². The molecule has 7 nitrogen and oxygen atoms in total. The van der Waals surface area contributed by atoms with Crippen LogP contribution in [0.25, 0.3) is 16.9 Å². The Labute approximate surface area is 198 Å². The Morgan fingerprint density at radius 1 is 0.941 bits per heavy atom. The quantitative estimate of drug-likeness (QED) is 0.444. The average Bonchev–Trinajstić information content (AvgIpc) is 3.30. The molecule has 1 aromatic heterocycles. The topological polar surface area (TPSA) is 76.5 Å². The van der Waals surface area contributed by atoms with Crippen molar-refractivity contribution in [3.05, 3.63) is 96.2 Å². The molecule has 0 aliphatic rings. The summed E-state index contributed by atoms with van der Waals surface area (Å²) < 4.78 is 7.21. The molecule has 3 aromatic carbocycles. The van der Waals surface area contributed by atoms with Crippen LogP contribution in [0.5, 0.6) is 5.75 Å². The van der Waals surface area contributed by atoms with Gasteiger partial charge in [-0.2, -0.15) is 5.10 Å². The molecule has 1 heterocycles. The number of hydrogen-bond donors (Lipinski definition) is 1. The first-order valence-corrected chi connectivity index (χ1v) is 10.9. The number of benzene rings is 3. The smallest absolute Gasteiger partial charge is 0.259 e. The molecule has 0 saturated heterocycles. The number of ether oxygens (including phenoxy) is 1. The summed E-state index contributed by atoms with van der Waals surface area (Å²) in [4.78, 5) is 26.4. The van der Waals surface area contributed by atoms with E-state index in [0.717, 1.165) is 16.8 Å². The van der Waals surface area contributed by atoms with Crippen molar-refractivity contribution in [3.8, 4) is 22.7 Å². The van der Waals surface area contributed by atoms with Gasteiger partial charge in [-0.1, -0.05) is 48.0 Å². The molecule has 0 saturated carbocycles. The van der Waals surface area contributed by atoms with E-state index in [9.17, 15) is 9.59 Å². The van der Waals surface area contributed by atoms with E-state index < -0.39 is 0 Å². The Morgan fingerprint density at radius 3 is 2.26 bits per heavy atom. The molecular formula is C27H26N4O3. The van der Waals surface area contributed by atoms with E-state index in [-0.39, 0.29) is 18.4 Å². The summed E-state index contributed by atoms with van der Waals surface area (Å²) in [7, 11) is 3.35. The maximum Gasteiger partial charge on any atom is 0.259 e. The van der Waals surface area contributed by atoms with Crippen LogP contribution in [-0.4, -0.2) is 47.2 Å². The maximum absolute atomic E-state index is 13.2. The molecule has 1 N–H and O–H groups in total. The zero-order valence-electron chi connectivity index (χ0n) is 19.4. The van der Waals surface area contributed by atoms with Crippen LogP contribution in [0.2, 0.25) is 0 Å².